The van der Waals surface area contributed by atoms with Crippen LogP contribution in [0.3, 0.4) is 0 Å². The van der Waals surface area contributed by atoms with E-state index in [2.05, 4.69) is 10.1 Å². The summed E-state index contributed by atoms with van der Waals surface area (Å²) in [4.78, 5) is 23.1. The normalized spacial score (nSPS) is 11.2. The van der Waals surface area contributed by atoms with Gasteiger partial charge in [-0.25, -0.2) is 0 Å². The molecule has 2 N–H and O–H groups in total. The second kappa shape index (κ2) is 9.00. The lowest BCUT2D eigenvalue weighted by Crippen LogP contribution is -2.16. The summed E-state index contributed by atoms with van der Waals surface area (Å²) in [6.45, 7) is 0. The number of thiophene rings is 1. The summed E-state index contributed by atoms with van der Waals surface area (Å²) in [5.41, 5.74) is 2.74. The van der Waals surface area contributed by atoms with Crippen LogP contribution in [0.4, 0.5) is 18.2 Å². The molecule has 156 valence electrons. The molecule has 3 aromatic rings. The smallest absolute Gasteiger partial charge is 0.481 e. The van der Waals surface area contributed by atoms with Crippen molar-refractivity contribution in [2.24, 2.45) is 0 Å². The fourth-order valence-corrected chi connectivity index (χ4v) is 3.62. The minimum absolute atomic E-state index is 0.0875. The van der Waals surface area contributed by atoms with Gasteiger partial charge in [0.05, 0.1) is 17.8 Å². The van der Waals surface area contributed by atoms with Gasteiger partial charge in [-0.15, -0.1) is 24.5 Å². The topological polar surface area (TPSA) is 75.6 Å². The maximum atomic E-state index is 12.3. The number of amides is 1. The van der Waals surface area contributed by atoms with Crippen LogP contribution < -0.4 is 10.1 Å². The molecule has 1 heterocycles. The Morgan fingerprint density at radius 2 is 1.63 bits per heavy atom. The Bertz CT molecular complexity index is 1040. The van der Waals surface area contributed by atoms with E-state index >= 15 is 0 Å². The number of carboxylic acids is 1. The summed E-state index contributed by atoms with van der Waals surface area (Å²) in [6.07, 6.45) is -4.77. The molecular weight excluding hydrogens is 419 g/mol. The van der Waals surface area contributed by atoms with Crippen LogP contribution in [0.1, 0.15) is 11.1 Å². The summed E-state index contributed by atoms with van der Waals surface area (Å²) in [7, 11) is 0. The first-order chi connectivity index (χ1) is 14.2. The van der Waals surface area contributed by atoms with Crippen molar-refractivity contribution in [2.45, 2.75) is 19.2 Å². The Kier molecular flexibility index (Phi) is 6.41. The average molecular weight is 435 g/mol. The van der Waals surface area contributed by atoms with Gasteiger partial charge in [-0.3, -0.25) is 9.59 Å². The van der Waals surface area contributed by atoms with Gasteiger partial charge in [-0.05, 0) is 40.5 Å². The van der Waals surface area contributed by atoms with Crippen molar-refractivity contribution in [1.82, 2.24) is 0 Å². The number of hydrogen-bond donors (Lipinski definition) is 2. The van der Waals surface area contributed by atoms with E-state index < -0.39 is 12.3 Å². The fraction of sp³-hybridized carbons (Fsp3) is 0.143. The van der Waals surface area contributed by atoms with E-state index in [1.54, 1.807) is 35.7 Å². The Balaban J connectivity index is 1.61. The van der Waals surface area contributed by atoms with E-state index in [4.69, 9.17) is 5.11 Å². The molecule has 1 amide bonds. The van der Waals surface area contributed by atoms with Crippen molar-refractivity contribution >= 4 is 28.2 Å². The fourth-order valence-electron chi connectivity index (χ4n) is 2.79. The number of ether oxygens (including phenoxy) is 1. The standard InChI is InChI=1S/C21H16F3NO4S/c22-21(23,24)29-17-6-4-15(5-7-17)16-11-19(30-12-16)25-18(26)9-13-2-1-3-14(8-13)10-20(27)28/h1-8,11-12H,9-10H2,(H,25,26)(H,27,28). The van der Waals surface area contributed by atoms with Crippen LogP contribution in [0.5, 0.6) is 5.75 Å². The Labute approximate surface area is 173 Å². The lowest BCUT2D eigenvalue weighted by atomic mass is 10.1. The first-order valence-electron chi connectivity index (χ1n) is 8.72. The first kappa shape index (κ1) is 21.4. The highest BCUT2D eigenvalue weighted by Gasteiger charge is 2.30. The Hall–Kier alpha value is -3.33. The number of carboxylic acid groups (broad SMARTS) is 1. The molecule has 0 spiro atoms. The van der Waals surface area contributed by atoms with Gasteiger partial charge in [0.25, 0.3) is 0 Å². The van der Waals surface area contributed by atoms with Crippen LogP contribution >= 0.6 is 11.3 Å². The molecule has 1 aromatic heterocycles. The second-order valence-corrected chi connectivity index (χ2v) is 7.30. The second-order valence-electron chi connectivity index (χ2n) is 6.39. The van der Waals surface area contributed by atoms with Gasteiger partial charge in [0.15, 0.2) is 0 Å². The average Bonchev–Trinajstić information content (AvgIpc) is 3.09. The summed E-state index contributed by atoms with van der Waals surface area (Å²) in [6, 6.07) is 14.0. The number of carbonyl (C=O) groups excluding carboxylic acids is 1. The number of aliphatic carboxylic acids is 1. The third-order valence-corrected chi connectivity index (χ3v) is 4.84. The third kappa shape index (κ3) is 6.35. The molecule has 0 unspecified atom stereocenters. The van der Waals surface area contributed by atoms with Crippen LogP contribution in [-0.2, 0) is 22.4 Å². The molecule has 0 radical (unpaired) electrons. The molecule has 0 bridgehead atoms. The van der Waals surface area contributed by atoms with Gasteiger partial charge in [-0.1, -0.05) is 36.4 Å². The minimum atomic E-state index is -4.74. The molecule has 0 saturated heterocycles. The highest BCUT2D eigenvalue weighted by atomic mass is 32.1. The number of alkyl halides is 3. The van der Waals surface area contributed by atoms with E-state index in [1.165, 1.54) is 35.6 Å². The van der Waals surface area contributed by atoms with E-state index in [0.29, 0.717) is 21.7 Å². The largest absolute Gasteiger partial charge is 0.573 e. The van der Waals surface area contributed by atoms with Gasteiger partial charge in [0.2, 0.25) is 5.91 Å². The summed E-state index contributed by atoms with van der Waals surface area (Å²) in [5.74, 6) is -1.51. The third-order valence-electron chi connectivity index (χ3n) is 3.99. The monoisotopic (exact) mass is 435 g/mol. The van der Waals surface area contributed by atoms with Crippen LogP contribution in [0.15, 0.2) is 60.0 Å². The lowest BCUT2D eigenvalue weighted by Gasteiger charge is -2.08. The number of carbonyl (C=O) groups is 2. The predicted octanol–water partition coefficient (Wildman–Crippen LogP) is 5.12. The van der Waals surface area contributed by atoms with Crippen LogP contribution in [0, 0.1) is 0 Å². The van der Waals surface area contributed by atoms with Gasteiger partial charge in [0.1, 0.15) is 5.75 Å². The molecule has 0 atom stereocenters. The SMILES string of the molecule is O=C(O)Cc1cccc(CC(=O)Nc2cc(-c3ccc(OC(F)(F)F)cc3)cs2)c1. The number of halogens is 3. The summed E-state index contributed by atoms with van der Waals surface area (Å²) in [5, 5.41) is 14.0. The zero-order valence-corrected chi connectivity index (χ0v) is 16.2. The lowest BCUT2D eigenvalue weighted by molar-refractivity contribution is -0.274. The molecule has 3 rings (SSSR count). The van der Waals surface area contributed by atoms with Gasteiger partial charge in [0, 0.05) is 5.38 Å². The highest BCUT2D eigenvalue weighted by molar-refractivity contribution is 7.14. The van der Waals surface area contributed by atoms with E-state index in [1.807, 2.05) is 0 Å². The molecule has 5 nitrogen and oxygen atoms in total. The molecule has 9 heteroatoms. The van der Waals surface area contributed by atoms with Crippen LogP contribution in [-0.4, -0.2) is 23.3 Å². The maximum Gasteiger partial charge on any atom is 0.573 e. The van der Waals surface area contributed by atoms with Crippen LogP contribution in [0.25, 0.3) is 11.1 Å². The number of benzene rings is 2. The van der Waals surface area contributed by atoms with E-state index in [0.717, 1.165) is 5.56 Å². The van der Waals surface area contributed by atoms with Crippen molar-refractivity contribution in [3.63, 3.8) is 0 Å². The highest BCUT2D eigenvalue weighted by Crippen LogP contribution is 2.31. The molecule has 0 fully saturated rings. The predicted molar refractivity (Wildman–Crippen MR) is 107 cm³/mol. The van der Waals surface area contributed by atoms with Gasteiger partial charge < -0.3 is 15.2 Å². The molecule has 0 aliphatic heterocycles. The molecule has 0 saturated carbocycles. The van der Waals surface area contributed by atoms with Crippen molar-refractivity contribution in [3.05, 3.63) is 71.1 Å². The molecule has 0 aliphatic rings. The molecular formula is C21H16F3NO4S. The zero-order chi connectivity index (χ0) is 21.7. The quantitative estimate of drug-likeness (QED) is 0.540. The van der Waals surface area contributed by atoms with Crippen LogP contribution in [0.2, 0.25) is 0 Å². The zero-order valence-electron chi connectivity index (χ0n) is 15.4. The summed E-state index contributed by atoms with van der Waals surface area (Å²) >= 11 is 1.29. The number of hydrogen-bond acceptors (Lipinski definition) is 4. The van der Waals surface area contributed by atoms with E-state index in [9.17, 15) is 22.8 Å². The number of rotatable bonds is 7. The first-order valence-corrected chi connectivity index (χ1v) is 9.60. The van der Waals surface area contributed by atoms with Crippen molar-refractivity contribution in [2.75, 3.05) is 5.32 Å². The van der Waals surface area contributed by atoms with Crippen molar-refractivity contribution < 1.29 is 32.6 Å². The van der Waals surface area contributed by atoms with Crippen molar-refractivity contribution in [3.8, 4) is 16.9 Å². The maximum absolute atomic E-state index is 12.3. The number of nitrogens with one attached hydrogen (secondary N) is 1. The molecule has 2 aromatic carbocycles. The van der Waals surface area contributed by atoms with E-state index in [-0.39, 0.29) is 24.5 Å². The number of anilines is 1. The Morgan fingerprint density at radius 1 is 0.967 bits per heavy atom. The summed E-state index contributed by atoms with van der Waals surface area (Å²) < 4.78 is 40.6. The Morgan fingerprint density at radius 3 is 2.27 bits per heavy atom. The van der Waals surface area contributed by atoms with Crippen molar-refractivity contribution in [1.29, 1.82) is 0 Å². The van der Waals surface area contributed by atoms with Gasteiger partial charge in [-0.2, -0.15) is 0 Å². The van der Waals surface area contributed by atoms with Gasteiger partial charge >= 0.3 is 12.3 Å². The molecule has 30 heavy (non-hydrogen) atoms. The minimum Gasteiger partial charge on any atom is -0.481 e. The molecule has 0 aliphatic carbocycles.